The molecule has 1 unspecified atom stereocenters. The highest BCUT2D eigenvalue weighted by Crippen LogP contribution is 2.33. The Balaban J connectivity index is 2.62. The van der Waals surface area contributed by atoms with Gasteiger partial charge >= 0.3 is 5.97 Å². The van der Waals surface area contributed by atoms with Gasteiger partial charge in [-0.1, -0.05) is 6.07 Å². The minimum absolute atomic E-state index is 0.0944. The van der Waals surface area contributed by atoms with Gasteiger partial charge in [-0.25, -0.2) is 9.18 Å². The van der Waals surface area contributed by atoms with E-state index in [9.17, 15) is 18.8 Å². The van der Waals surface area contributed by atoms with E-state index in [0.717, 1.165) is 6.07 Å². The number of hydrogen-bond acceptors (Lipinski definition) is 3. The first-order valence-electron chi connectivity index (χ1n) is 4.84. The van der Waals surface area contributed by atoms with Crippen LogP contribution in [0.25, 0.3) is 0 Å². The molecule has 1 aliphatic heterocycles. The molecule has 1 heterocycles. The van der Waals surface area contributed by atoms with Gasteiger partial charge < -0.3 is 5.11 Å². The summed E-state index contributed by atoms with van der Waals surface area (Å²) in [6, 6.07) is 2.39. The fourth-order valence-electron chi connectivity index (χ4n) is 1.75. The van der Waals surface area contributed by atoms with Gasteiger partial charge in [-0.05, 0) is 19.1 Å². The summed E-state index contributed by atoms with van der Waals surface area (Å²) in [7, 11) is 0. The van der Waals surface area contributed by atoms with Crippen molar-refractivity contribution in [3.8, 4) is 0 Å². The summed E-state index contributed by atoms with van der Waals surface area (Å²) in [6.45, 7) is 1.22. The number of carbonyl (C=O) groups is 3. The van der Waals surface area contributed by atoms with E-state index in [1.807, 2.05) is 0 Å². The number of carboxylic acids is 1. The molecular weight excluding hydrogens is 229 g/mol. The van der Waals surface area contributed by atoms with Gasteiger partial charge in [0.2, 0.25) is 0 Å². The van der Waals surface area contributed by atoms with Crippen LogP contribution in [0, 0.1) is 5.82 Å². The number of para-hydroxylation sites is 1. The first-order chi connectivity index (χ1) is 7.95. The van der Waals surface area contributed by atoms with Crippen LogP contribution >= 0.6 is 0 Å². The Morgan fingerprint density at radius 3 is 2.65 bits per heavy atom. The lowest BCUT2D eigenvalue weighted by molar-refractivity contribution is -0.139. The maximum atomic E-state index is 13.6. The molecule has 0 spiro atoms. The molecule has 1 N–H and O–H groups in total. The number of halogens is 1. The van der Waals surface area contributed by atoms with Crippen molar-refractivity contribution in [2.24, 2.45) is 0 Å². The molecule has 0 bridgehead atoms. The summed E-state index contributed by atoms with van der Waals surface area (Å²) in [6.07, 6.45) is 0. The molecule has 2 rings (SSSR count). The Hall–Kier alpha value is -2.24. The minimum atomic E-state index is -1.30. The highest BCUT2D eigenvalue weighted by atomic mass is 19.1. The number of hydrogen-bond donors (Lipinski definition) is 1. The normalized spacial score (nSPS) is 16.0. The Bertz CT molecular complexity index is 540. The Labute approximate surface area is 95.5 Å². The van der Waals surface area contributed by atoms with Gasteiger partial charge in [-0.3, -0.25) is 14.5 Å². The smallest absolute Gasteiger partial charge is 0.326 e. The predicted molar refractivity (Wildman–Crippen MR) is 55.3 cm³/mol. The van der Waals surface area contributed by atoms with Gasteiger partial charge in [0, 0.05) is 0 Å². The lowest BCUT2D eigenvalue weighted by Gasteiger charge is -2.21. The summed E-state index contributed by atoms with van der Waals surface area (Å²) in [5.74, 6) is -3.98. The first kappa shape index (κ1) is 11.3. The molecule has 0 fully saturated rings. The Kier molecular flexibility index (Phi) is 2.42. The summed E-state index contributed by atoms with van der Waals surface area (Å²) in [5.41, 5.74) is -0.347. The standard InChI is InChI=1S/C11H8FNO4/c1-5(11(16)17)13-8-6(9(14)10(13)15)3-2-4-7(8)12/h2-5H,1H3,(H,16,17). The van der Waals surface area contributed by atoms with E-state index in [4.69, 9.17) is 5.11 Å². The maximum absolute atomic E-state index is 13.6. The second-order valence-corrected chi connectivity index (χ2v) is 3.65. The molecule has 1 atom stereocenters. The number of rotatable bonds is 2. The van der Waals surface area contributed by atoms with E-state index < -0.39 is 29.5 Å². The molecule has 0 radical (unpaired) electrons. The molecule has 1 aromatic rings. The number of ketones is 1. The van der Waals surface area contributed by atoms with Crippen molar-refractivity contribution >= 4 is 23.3 Å². The van der Waals surface area contributed by atoms with Crippen molar-refractivity contribution in [3.63, 3.8) is 0 Å². The number of Topliss-reactive ketones (excluding diaryl/α,β-unsaturated/α-hetero) is 1. The van der Waals surface area contributed by atoms with Gasteiger partial charge in [0.1, 0.15) is 11.9 Å². The van der Waals surface area contributed by atoms with Gasteiger partial charge in [-0.2, -0.15) is 0 Å². The fourth-order valence-corrected chi connectivity index (χ4v) is 1.75. The SMILES string of the molecule is CC(C(=O)O)N1C(=O)C(=O)c2cccc(F)c21. The molecule has 0 aromatic heterocycles. The van der Waals surface area contributed by atoms with Crippen molar-refractivity contribution in [1.82, 2.24) is 0 Å². The van der Waals surface area contributed by atoms with Crippen LogP contribution in [-0.4, -0.2) is 28.8 Å². The molecule has 1 aromatic carbocycles. The van der Waals surface area contributed by atoms with Crippen molar-refractivity contribution in [2.75, 3.05) is 4.90 Å². The molecule has 5 nitrogen and oxygen atoms in total. The zero-order valence-corrected chi connectivity index (χ0v) is 8.81. The average molecular weight is 237 g/mol. The van der Waals surface area contributed by atoms with Crippen LogP contribution < -0.4 is 4.90 Å². The first-order valence-corrected chi connectivity index (χ1v) is 4.84. The number of aliphatic carboxylic acids is 1. The molecule has 0 saturated heterocycles. The van der Waals surface area contributed by atoms with E-state index in [2.05, 4.69) is 0 Å². The summed E-state index contributed by atoms with van der Waals surface area (Å²) in [5, 5.41) is 8.84. The molecule has 1 aliphatic rings. The third-order valence-corrected chi connectivity index (χ3v) is 2.63. The van der Waals surface area contributed by atoms with E-state index >= 15 is 0 Å². The number of nitrogens with zero attached hydrogens (tertiary/aromatic N) is 1. The highest BCUT2D eigenvalue weighted by molar-refractivity contribution is 6.52. The summed E-state index contributed by atoms with van der Waals surface area (Å²) >= 11 is 0. The molecule has 6 heteroatoms. The monoisotopic (exact) mass is 237 g/mol. The highest BCUT2D eigenvalue weighted by Gasteiger charge is 2.42. The predicted octanol–water partition coefficient (Wildman–Crippen LogP) is 0.828. The van der Waals surface area contributed by atoms with Crippen molar-refractivity contribution in [2.45, 2.75) is 13.0 Å². The zero-order valence-electron chi connectivity index (χ0n) is 8.81. The van der Waals surface area contributed by atoms with E-state index in [1.54, 1.807) is 0 Å². The van der Waals surface area contributed by atoms with Gasteiger partial charge in [0.15, 0.2) is 0 Å². The molecule has 1 amide bonds. The largest absolute Gasteiger partial charge is 0.480 e. The van der Waals surface area contributed by atoms with Crippen LogP contribution in [0.15, 0.2) is 18.2 Å². The number of carbonyl (C=O) groups excluding carboxylic acids is 2. The van der Waals surface area contributed by atoms with Crippen molar-refractivity contribution in [1.29, 1.82) is 0 Å². The van der Waals surface area contributed by atoms with E-state index in [-0.39, 0.29) is 11.3 Å². The van der Waals surface area contributed by atoms with Crippen LogP contribution in [0.4, 0.5) is 10.1 Å². The number of benzene rings is 1. The number of fused-ring (bicyclic) bond motifs is 1. The molecule has 0 aliphatic carbocycles. The van der Waals surface area contributed by atoms with Crippen LogP contribution in [0.3, 0.4) is 0 Å². The Morgan fingerprint density at radius 1 is 1.41 bits per heavy atom. The lowest BCUT2D eigenvalue weighted by atomic mass is 10.1. The summed E-state index contributed by atoms with van der Waals surface area (Å²) in [4.78, 5) is 34.7. The minimum Gasteiger partial charge on any atom is -0.480 e. The van der Waals surface area contributed by atoms with Crippen LogP contribution in [-0.2, 0) is 9.59 Å². The Morgan fingerprint density at radius 2 is 2.06 bits per heavy atom. The second kappa shape index (κ2) is 3.65. The lowest BCUT2D eigenvalue weighted by Crippen LogP contribution is -2.42. The fraction of sp³-hybridized carbons (Fsp3) is 0.182. The zero-order chi connectivity index (χ0) is 12.7. The van der Waals surface area contributed by atoms with Crippen molar-refractivity contribution < 1.29 is 23.9 Å². The van der Waals surface area contributed by atoms with Crippen LogP contribution in [0.1, 0.15) is 17.3 Å². The van der Waals surface area contributed by atoms with Crippen LogP contribution in [0.5, 0.6) is 0 Å². The number of anilines is 1. The third-order valence-electron chi connectivity index (χ3n) is 2.63. The molecule has 17 heavy (non-hydrogen) atoms. The maximum Gasteiger partial charge on any atom is 0.326 e. The second-order valence-electron chi connectivity index (χ2n) is 3.65. The molecule has 88 valence electrons. The van der Waals surface area contributed by atoms with Gasteiger partial charge in [-0.15, -0.1) is 0 Å². The van der Waals surface area contributed by atoms with Crippen LogP contribution in [0.2, 0.25) is 0 Å². The third kappa shape index (κ3) is 1.49. The van der Waals surface area contributed by atoms with Crippen molar-refractivity contribution in [3.05, 3.63) is 29.6 Å². The number of carboxylic acid groups (broad SMARTS) is 1. The number of amides is 1. The van der Waals surface area contributed by atoms with Gasteiger partial charge in [0.25, 0.3) is 11.7 Å². The molecule has 0 saturated carbocycles. The van der Waals surface area contributed by atoms with Gasteiger partial charge in [0.05, 0.1) is 11.3 Å². The summed E-state index contributed by atoms with van der Waals surface area (Å²) < 4.78 is 13.6. The molecular formula is C11H8FNO4. The quantitative estimate of drug-likeness (QED) is 0.773. The topological polar surface area (TPSA) is 74.7 Å². The van der Waals surface area contributed by atoms with E-state index in [1.165, 1.54) is 19.1 Å². The van der Waals surface area contributed by atoms with E-state index in [0.29, 0.717) is 4.90 Å². The average Bonchev–Trinajstić information content (AvgIpc) is 2.53.